The molecular formula is C14H10ClFO2. The van der Waals surface area contributed by atoms with Crippen molar-refractivity contribution in [1.29, 1.82) is 0 Å². The normalized spacial score (nSPS) is 10.4. The first-order chi connectivity index (χ1) is 8.47. The number of aromatic carboxylic acids is 1. The Morgan fingerprint density at radius 3 is 2.56 bits per heavy atom. The fourth-order valence-electron chi connectivity index (χ4n) is 1.84. The highest BCUT2D eigenvalue weighted by Crippen LogP contribution is 2.28. The van der Waals surface area contributed by atoms with Gasteiger partial charge < -0.3 is 5.11 Å². The largest absolute Gasteiger partial charge is 0.478 e. The molecule has 18 heavy (non-hydrogen) atoms. The van der Waals surface area contributed by atoms with Crippen LogP contribution >= 0.6 is 11.6 Å². The summed E-state index contributed by atoms with van der Waals surface area (Å²) in [6.07, 6.45) is 0. The van der Waals surface area contributed by atoms with E-state index in [1.165, 1.54) is 18.2 Å². The van der Waals surface area contributed by atoms with E-state index in [0.29, 0.717) is 16.1 Å². The van der Waals surface area contributed by atoms with E-state index in [1.54, 1.807) is 25.1 Å². The van der Waals surface area contributed by atoms with Crippen molar-refractivity contribution in [2.75, 3.05) is 0 Å². The van der Waals surface area contributed by atoms with Gasteiger partial charge in [0.25, 0.3) is 0 Å². The van der Waals surface area contributed by atoms with Gasteiger partial charge in [-0.1, -0.05) is 23.7 Å². The number of benzene rings is 2. The van der Waals surface area contributed by atoms with Gasteiger partial charge in [-0.15, -0.1) is 0 Å². The first-order valence-corrected chi connectivity index (χ1v) is 5.65. The Hall–Kier alpha value is -1.87. The van der Waals surface area contributed by atoms with Crippen molar-refractivity contribution in [2.45, 2.75) is 6.92 Å². The quantitative estimate of drug-likeness (QED) is 0.885. The van der Waals surface area contributed by atoms with E-state index in [-0.39, 0.29) is 5.56 Å². The van der Waals surface area contributed by atoms with Gasteiger partial charge in [0.15, 0.2) is 0 Å². The molecule has 92 valence electrons. The molecule has 0 atom stereocenters. The van der Waals surface area contributed by atoms with Crippen LogP contribution in [0.1, 0.15) is 15.9 Å². The van der Waals surface area contributed by atoms with E-state index in [4.69, 9.17) is 16.7 Å². The minimum absolute atomic E-state index is 0.0625. The second kappa shape index (κ2) is 4.78. The Labute approximate surface area is 109 Å². The highest BCUT2D eigenvalue weighted by atomic mass is 35.5. The van der Waals surface area contributed by atoms with Gasteiger partial charge in [0.1, 0.15) is 5.82 Å². The Balaban J connectivity index is 2.66. The second-order valence-corrected chi connectivity index (χ2v) is 4.45. The summed E-state index contributed by atoms with van der Waals surface area (Å²) in [4.78, 5) is 11.2. The maximum Gasteiger partial charge on any atom is 0.336 e. The third kappa shape index (κ3) is 2.51. The summed E-state index contributed by atoms with van der Waals surface area (Å²) in [5.41, 5.74) is 1.78. The SMILES string of the molecule is Cc1cc(F)cc(-c2ccc(Cl)cc2C(=O)O)c1. The smallest absolute Gasteiger partial charge is 0.336 e. The number of halogens is 2. The fourth-order valence-corrected chi connectivity index (χ4v) is 2.01. The molecule has 0 saturated carbocycles. The van der Waals surface area contributed by atoms with Gasteiger partial charge in [-0.05, 0) is 47.9 Å². The van der Waals surface area contributed by atoms with Crippen LogP contribution in [0.15, 0.2) is 36.4 Å². The van der Waals surface area contributed by atoms with Crippen molar-refractivity contribution >= 4 is 17.6 Å². The molecule has 0 aliphatic rings. The number of carboxylic acid groups (broad SMARTS) is 1. The third-order valence-electron chi connectivity index (χ3n) is 2.57. The molecule has 0 fully saturated rings. The van der Waals surface area contributed by atoms with Crippen molar-refractivity contribution in [3.63, 3.8) is 0 Å². The summed E-state index contributed by atoms with van der Waals surface area (Å²) >= 11 is 5.77. The van der Waals surface area contributed by atoms with Crippen LogP contribution in [0.4, 0.5) is 4.39 Å². The van der Waals surface area contributed by atoms with Crippen LogP contribution in [0.3, 0.4) is 0 Å². The first-order valence-electron chi connectivity index (χ1n) is 5.28. The van der Waals surface area contributed by atoms with Gasteiger partial charge >= 0.3 is 5.97 Å². The van der Waals surface area contributed by atoms with Crippen LogP contribution in [-0.2, 0) is 0 Å². The Bertz CT molecular complexity index is 603. The summed E-state index contributed by atoms with van der Waals surface area (Å²) < 4.78 is 13.4. The lowest BCUT2D eigenvalue weighted by Gasteiger charge is -2.08. The summed E-state index contributed by atoms with van der Waals surface area (Å²) in [5.74, 6) is -1.48. The third-order valence-corrected chi connectivity index (χ3v) is 2.80. The molecule has 2 aromatic carbocycles. The van der Waals surface area contributed by atoms with Gasteiger partial charge in [0.2, 0.25) is 0 Å². The molecule has 4 heteroatoms. The van der Waals surface area contributed by atoms with Crippen LogP contribution in [-0.4, -0.2) is 11.1 Å². The number of rotatable bonds is 2. The van der Waals surface area contributed by atoms with Crippen LogP contribution in [0.25, 0.3) is 11.1 Å². The maximum atomic E-state index is 13.4. The van der Waals surface area contributed by atoms with Crippen LogP contribution in [0, 0.1) is 12.7 Å². The average molecular weight is 265 g/mol. The highest BCUT2D eigenvalue weighted by molar-refractivity contribution is 6.31. The monoisotopic (exact) mass is 264 g/mol. The molecular weight excluding hydrogens is 255 g/mol. The van der Waals surface area contributed by atoms with E-state index >= 15 is 0 Å². The van der Waals surface area contributed by atoms with Gasteiger partial charge in [-0.25, -0.2) is 9.18 Å². The number of carbonyl (C=O) groups is 1. The lowest BCUT2D eigenvalue weighted by atomic mass is 9.98. The van der Waals surface area contributed by atoms with Crippen molar-refractivity contribution in [3.8, 4) is 11.1 Å². The molecule has 0 amide bonds. The maximum absolute atomic E-state index is 13.4. The van der Waals surface area contributed by atoms with Crippen LogP contribution < -0.4 is 0 Å². The predicted octanol–water partition coefficient (Wildman–Crippen LogP) is 4.15. The zero-order chi connectivity index (χ0) is 13.3. The molecule has 1 N–H and O–H groups in total. The summed E-state index contributed by atoms with van der Waals surface area (Å²) in [7, 11) is 0. The number of aryl methyl sites for hydroxylation is 1. The molecule has 0 spiro atoms. The minimum Gasteiger partial charge on any atom is -0.478 e. The van der Waals surface area contributed by atoms with Crippen molar-refractivity contribution in [1.82, 2.24) is 0 Å². The number of hydrogen-bond donors (Lipinski definition) is 1. The molecule has 0 unspecified atom stereocenters. The Morgan fingerprint density at radius 2 is 1.94 bits per heavy atom. The zero-order valence-electron chi connectivity index (χ0n) is 9.58. The zero-order valence-corrected chi connectivity index (χ0v) is 10.3. The first kappa shape index (κ1) is 12.6. The Kier molecular flexibility index (Phi) is 3.34. The summed E-state index contributed by atoms with van der Waals surface area (Å²) in [5, 5.41) is 9.47. The lowest BCUT2D eigenvalue weighted by molar-refractivity contribution is 0.0697. The number of hydrogen-bond acceptors (Lipinski definition) is 1. The molecule has 0 radical (unpaired) electrons. The highest BCUT2D eigenvalue weighted by Gasteiger charge is 2.13. The molecule has 2 nitrogen and oxygen atoms in total. The Morgan fingerprint density at radius 1 is 1.22 bits per heavy atom. The van der Waals surface area contributed by atoms with Crippen molar-refractivity contribution in [3.05, 3.63) is 58.4 Å². The average Bonchev–Trinajstić information content (AvgIpc) is 2.27. The fraction of sp³-hybridized carbons (Fsp3) is 0.0714. The van der Waals surface area contributed by atoms with Crippen molar-refractivity contribution < 1.29 is 14.3 Å². The lowest BCUT2D eigenvalue weighted by Crippen LogP contribution is -1.99. The summed E-state index contributed by atoms with van der Waals surface area (Å²) in [6, 6.07) is 8.96. The topological polar surface area (TPSA) is 37.3 Å². The predicted molar refractivity (Wildman–Crippen MR) is 68.5 cm³/mol. The summed E-state index contributed by atoms with van der Waals surface area (Å²) in [6.45, 7) is 1.75. The molecule has 0 bridgehead atoms. The van der Waals surface area contributed by atoms with E-state index in [0.717, 1.165) is 5.56 Å². The van der Waals surface area contributed by atoms with Gasteiger partial charge in [-0.3, -0.25) is 0 Å². The standard InChI is InChI=1S/C14H10ClFO2/c1-8-4-9(6-11(16)5-8)12-3-2-10(15)7-13(12)14(17)18/h2-7H,1H3,(H,17,18). The van der Waals surface area contributed by atoms with Gasteiger partial charge in [0, 0.05) is 5.02 Å². The molecule has 2 rings (SSSR count). The molecule has 0 aliphatic carbocycles. The van der Waals surface area contributed by atoms with Crippen LogP contribution in [0.5, 0.6) is 0 Å². The second-order valence-electron chi connectivity index (χ2n) is 4.01. The van der Waals surface area contributed by atoms with Gasteiger partial charge in [0.05, 0.1) is 5.56 Å². The molecule has 0 saturated heterocycles. The van der Waals surface area contributed by atoms with Gasteiger partial charge in [-0.2, -0.15) is 0 Å². The number of carboxylic acids is 1. The van der Waals surface area contributed by atoms with E-state index < -0.39 is 11.8 Å². The van der Waals surface area contributed by atoms with E-state index in [2.05, 4.69) is 0 Å². The molecule has 2 aromatic rings. The molecule has 0 aliphatic heterocycles. The van der Waals surface area contributed by atoms with Crippen LogP contribution in [0.2, 0.25) is 5.02 Å². The van der Waals surface area contributed by atoms with E-state index in [9.17, 15) is 9.18 Å². The molecule has 0 heterocycles. The van der Waals surface area contributed by atoms with E-state index in [1.807, 2.05) is 0 Å². The van der Waals surface area contributed by atoms with Crippen molar-refractivity contribution in [2.24, 2.45) is 0 Å². The minimum atomic E-state index is -1.09. The molecule has 0 aromatic heterocycles.